The Kier molecular flexibility index (Phi) is 4.67. The van der Waals surface area contributed by atoms with Crippen LogP contribution in [0.5, 0.6) is 0 Å². The number of benzene rings is 1. The average Bonchev–Trinajstić information content (AvgIpc) is 3.26. The van der Waals surface area contributed by atoms with E-state index >= 15 is 0 Å². The molecule has 1 aromatic heterocycles. The second-order valence-corrected chi connectivity index (χ2v) is 6.65. The van der Waals surface area contributed by atoms with E-state index in [1.54, 1.807) is 6.26 Å². The molecule has 1 aromatic carbocycles. The van der Waals surface area contributed by atoms with Gasteiger partial charge >= 0.3 is 0 Å². The van der Waals surface area contributed by atoms with Crippen LogP contribution in [-0.4, -0.2) is 66.4 Å². The Morgan fingerprint density at radius 1 is 1.04 bits per heavy atom. The van der Waals surface area contributed by atoms with Gasteiger partial charge in [0, 0.05) is 44.3 Å². The van der Waals surface area contributed by atoms with Gasteiger partial charge in [0.25, 0.3) is 0 Å². The van der Waals surface area contributed by atoms with Crippen LogP contribution in [0, 0.1) is 0 Å². The molecule has 2 atom stereocenters. The van der Waals surface area contributed by atoms with Crippen molar-refractivity contribution in [2.75, 3.05) is 39.4 Å². The summed E-state index contributed by atoms with van der Waals surface area (Å²) in [6.45, 7) is 5.93. The predicted molar refractivity (Wildman–Crippen MR) is 91.6 cm³/mol. The predicted octanol–water partition coefficient (Wildman–Crippen LogP) is 1.82. The molecule has 2 aliphatic rings. The van der Waals surface area contributed by atoms with Crippen molar-refractivity contribution in [2.24, 2.45) is 0 Å². The lowest BCUT2D eigenvalue weighted by molar-refractivity contribution is -0.00618. The highest BCUT2D eigenvalue weighted by Crippen LogP contribution is 2.23. The number of ether oxygens (including phenoxy) is 1. The van der Waals surface area contributed by atoms with Crippen LogP contribution >= 0.6 is 0 Å². The molecule has 0 aliphatic carbocycles. The van der Waals surface area contributed by atoms with Gasteiger partial charge in [-0.1, -0.05) is 24.3 Å². The molecule has 24 heavy (non-hydrogen) atoms. The van der Waals surface area contributed by atoms with Gasteiger partial charge in [-0.15, -0.1) is 0 Å². The molecule has 0 bridgehead atoms. The SMILES string of the molecule is O[C@H]1CN(Cc2ccc(-c3ccco3)cc2)C[C@@H]1N1CCOCC1. The summed E-state index contributed by atoms with van der Waals surface area (Å²) in [4.78, 5) is 4.71. The lowest BCUT2D eigenvalue weighted by Gasteiger charge is -2.33. The van der Waals surface area contributed by atoms with Gasteiger partial charge in [0.1, 0.15) is 5.76 Å². The van der Waals surface area contributed by atoms with Crippen molar-refractivity contribution in [2.45, 2.75) is 18.7 Å². The lowest BCUT2D eigenvalue weighted by Crippen LogP contribution is -2.48. The quantitative estimate of drug-likeness (QED) is 0.928. The fourth-order valence-corrected chi connectivity index (χ4v) is 3.72. The van der Waals surface area contributed by atoms with Gasteiger partial charge in [-0.3, -0.25) is 9.80 Å². The summed E-state index contributed by atoms with van der Waals surface area (Å²) in [6, 6.07) is 12.6. The normalized spacial score (nSPS) is 26.0. The molecule has 0 unspecified atom stereocenters. The van der Waals surface area contributed by atoms with Crippen molar-refractivity contribution in [3.05, 3.63) is 48.2 Å². The lowest BCUT2D eigenvalue weighted by atomic mass is 10.1. The van der Waals surface area contributed by atoms with E-state index in [9.17, 15) is 5.11 Å². The first-order valence-electron chi connectivity index (χ1n) is 8.64. The first-order valence-corrected chi connectivity index (χ1v) is 8.64. The Hall–Kier alpha value is -1.66. The van der Waals surface area contributed by atoms with Crippen molar-refractivity contribution in [1.29, 1.82) is 0 Å². The van der Waals surface area contributed by atoms with E-state index in [1.165, 1.54) is 5.56 Å². The zero-order chi connectivity index (χ0) is 16.4. The van der Waals surface area contributed by atoms with E-state index in [4.69, 9.17) is 9.15 Å². The van der Waals surface area contributed by atoms with E-state index in [2.05, 4.69) is 34.1 Å². The first-order chi connectivity index (χ1) is 11.8. The minimum absolute atomic E-state index is 0.233. The third kappa shape index (κ3) is 3.39. The summed E-state index contributed by atoms with van der Waals surface area (Å²) in [5.41, 5.74) is 2.36. The smallest absolute Gasteiger partial charge is 0.133 e. The zero-order valence-corrected chi connectivity index (χ0v) is 13.8. The van der Waals surface area contributed by atoms with E-state index in [1.807, 2.05) is 12.1 Å². The highest BCUT2D eigenvalue weighted by molar-refractivity contribution is 5.57. The number of nitrogens with zero attached hydrogens (tertiary/aromatic N) is 2. The number of rotatable bonds is 4. The van der Waals surface area contributed by atoms with Gasteiger partial charge in [-0.25, -0.2) is 0 Å². The number of furan rings is 1. The minimum atomic E-state index is -0.273. The van der Waals surface area contributed by atoms with E-state index in [-0.39, 0.29) is 12.1 Å². The summed E-state index contributed by atoms with van der Waals surface area (Å²) in [7, 11) is 0. The van der Waals surface area contributed by atoms with Crippen LogP contribution in [0.25, 0.3) is 11.3 Å². The number of hydrogen-bond acceptors (Lipinski definition) is 5. The van der Waals surface area contributed by atoms with Gasteiger partial charge in [0.05, 0.1) is 25.6 Å². The highest BCUT2D eigenvalue weighted by Gasteiger charge is 2.35. The van der Waals surface area contributed by atoms with E-state index < -0.39 is 0 Å². The van der Waals surface area contributed by atoms with Gasteiger partial charge in [-0.2, -0.15) is 0 Å². The van der Waals surface area contributed by atoms with Gasteiger partial charge < -0.3 is 14.3 Å². The second kappa shape index (κ2) is 7.07. The second-order valence-electron chi connectivity index (χ2n) is 6.65. The highest BCUT2D eigenvalue weighted by atomic mass is 16.5. The molecule has 2 fully saturated rings. The van der Waals surface area contributed by atoms with Gasteiger partial charge in [0.2, 0.25) is 0 Å². The molecular formula is C19H24N2O3. The Morgan fingerprint density at radius 3 is 2.54 bits per heavy atom. The summed E-state index contributed by atoms with van der Waals surface area (Å²) in [6.07, 6.45) is 1.42. The third-order valence-corrected chi connectivity index (χ3v) is 5.02. The Bertz CT molecular complexity index is 635. The largest absolute Gasteiger partial charge is 0.464 e. The topological polar surface area (TPSA) is 49.1 Å². The summed E-state index contributed by atoms with van der Waals surface area (Å²) >= 11 is 0. The molecule has 0 amide bonds. The average molecular weight is 328 g/mol. The van der Waals surface area contributed by atoms with Crippen molar-refractivity contribution < 1.29 is 14.3 Å². The Balaban J connectivity index is 1.37. The molecule has 2 aliphatic heterocycles. The monoisotopic (exact) mass is 328 g/mol. The van der Waals surface area contributed by atoms with Crippen LogP contribution in [0.3, 0.4) is 0 Å². The summed E-state index contributed by atoms with van der Waals surface area (Å²) in [5.74, 6) is 0.894. The molecule has 5 nitrogen and oxygen atoms in total. The van der Waals surface area contributed by atoms with Crippen LogP contribution in [-0.2, 0) is 11.3 Å². The summed E-state index contributed by atoms with van der Waals surface area (Å²) < 4.78 is 10.8. The maximum absolute atomic E-state index is 10.4. The molecular weight excluding hydrogens is 304 g/mol. The Morgan fingerprint density at radius 2 is 1.83 bits per heavy atom. The number of aliphatic hydroxyl groups is 1. The fourth-order valence-electron chi connectivity index (χ4n) is 3.72. The number of morpholine rings is 1. The Labute approximate surface area is 142 Å². The maximum Gasteiger partial charge on any atom is 0.133 e. The van der Waals surface area contributed by atoms with Crippen LogP contribution < -0.4 is 0 Å². The molecule has 128 valence electrons. The molecule has 1 N–H and O–H groups in total. The van der Waals surface area contributed by atoms with Gasteiger partial charge in [0.15, 0.2) is 0 Å². The van der Waals surface area contributed by atoms with Crippen LogP contribution in [0.4, 0.5) is 0 Å². The van der Waals surface area contributed by atoms with E-state index in [0.29, 0.717) is 0 Å². The summed E-state index contributed by atoms with van der Waals surface area (Å²) in [5, 5.41) is 10.4. The number of likely N-dealkylation sites (tertiary alicyclic amines) is 1. The molecule has 3 heterocycles. The zero-order valence-electron chi connectivity index (χ0n) is 13.8. The molecule has 0 radical (unpaired) electrons. The first kappa shape index (κ1) is 15.8. The van der Waals surface area contributed by atoms with Crippen LogP contribution in [0.15, 0.2) is 47.1 Å². The molecule has 4 rings (SSSR count). The van der Waals surface area contributed by atoms with Crippen molar-refractivity contribution in [1.82, 2.24) is 9.80 Å². The maximum atomic E-state index is 10.4. The molecule has 5 heteroatoms. The third-order valence-electron chi connectivity index (χ3n) is 5.02. The number of aliphatic hydroxyl groups excluding tert-OH is 1. The van der Waals surface area contributed by atoms with Crippen molar-refractivity contribution in [3.8, 4) is 11.3 Å². The molecule has 2 saturated heterocycles. The van der Waals surface area contributed by atoms with Crippen molar-refractivity contribution in [3.63, 3.8) is 0 Å². The van der Waals surface area contributed by atoms with Gasteiger partial charge in [-0.05, 0) is 17.7 Å². The standard InChI is InChI=1S/C19H24N2O3/c22-18-14-20(13-17(18)21-7-10-23-11-8-21)12-15-3-5-16(6-4-15)19-2-1-9-24-19/h1-6,9,17-18,22H,7-8,10-14H2/t17-,18-/m0/s1. The minimum Gasteiger partial charge on any atom is -0.464 e. The number of β-amino-alcohol motifs (C(OH)–C–C–N with tert-alkyl or cyclic N) is 1. The van der Waals surface area contributed by atoms with Crippen LogP contribution in [0.2, 0.25) is 0 Å². The molecule has 0 saturated carbocycles. The molecule has 0 spiro atoms. The fraction of sp³-hybridized carbons (Fsp3) is 0.474. The molecule has 2 aromatic rings. The van der Waals surface area contributed by atoms with Crippen LogP contribution in [0.1, 0.15) is 5.56 Å². The van der Waals surface area contributed by atoms with Crippen molar-refractivity contribution >= 4 is 0 Å². The van der Waals surface area contributed by atoms with E-state index in [0.717, 1.165) is 57.3 Å². The number of hydrogen-bond donors (Lipinski definition) is 1.